The van der Waals surface area contributed by atoms with E-state index in [4.69, 9.17) is 0 Å². The number of para-hydroxylation sites is 2. The number of hydrogen-bond donors (Lipinski definition) is 0. The van der Waals surface area contributed by atoms with Gasteiger partial charge in [0.05, 0.1) is 10.8 Å². The van der Waals surface area contributed by atoms with Crippen LogP contribution in [0.3, 0.4) is 0 Å². The van der Waals surface area contributed by atoms with Crippen molar-refractivity contribution in [1.82, 2.24) is 0 Å². The lowest BCUT2D eigenvalue weighted by Gasteiger charge is -2.33. The van der Waals surface area contributed by atoms with Crippen molar-refractivity contribution in [3.05, 3.63) is 364 Å². The predicted octanol–water partition coefficient (Wildman–Crippen LogP) is 18.6. The quantitative estimate of drug-likeness (QED) is 0.127. The standard InChI is InChI=1S/C78H53NO/c80-76(54-38-42-65-62-31-15-19-35-70(62)77(73(65)48-54)68-33-17-13-29-60(68)61-30-14-18-34-69(61)77)55-39-43-66-63-32-16-20-36-71(63)78(74(66)49-55)72-47-52(46-56(53-23-7-2-8-24-53)45-51-21-5-1-6-22-51)37-41-64(72)67-44-40-59(50-75(67)78)79(57-25-9-3-10-26-57)58-27-11-4-12-28-58/h1-44,47-50,56H,45-46H2. The minimum atomic E-state index is -0.749. The maximum Gasteiger partial charge on any atom is 0.193 e. The van der Waals surface area contributed by atoms with E-state index in [1.165, 1.54) is 89.0 Å². The zero-order valence-electron chi connectivity index (χ0n) is 44.1. The molecule has 0 fully saturated rings. The molecule has 2 nitrogen and oxygen atoms in total. The summed E-state index contributed by atoms with van der Waals surface area (Å²) in [7, 11) is 0. The van der Waals surface area contributed by atoms with Crippen molar-refractivity contribution in [2.45, 2.75) is 29.6 Å². The van der Waals surface area contributed by atoms with Crippen LogP contribution in [0, 0.1) is 0 Å². The molecule has 0 saturated carbocycles. The molecule has 80 heavy (non-hydrogen) atoms. The summed E-state index contributed by atoms with van der Waals surface area (Å²) < 4.78 is 0. The van der Waals surface area contributed by atoms with Crippen molar-refractivity contribution < 1.29 is 4.79 Å². The average molecular weight is 1020 g/mol. The second-order valence-corrected chi connectivity index (χ2v) is 22.1. The smallest absolute Gasteiger partial charge is 0.193 e. The van der Waals surface area contributed by atoms with E-state index in [1.807, 2.05) is 0 Å². The van der Waals surface area contributed by atoms with Gasteiger partial charge in [0.1, 0.15) is 0 Å². The molecule has 0 aromatic heterocycles. The first-order chi connectivity index (χ1) is 39.6. The number of hydrogen-bond acceptors (Lipinski definition) is 2. The van der Waals surface area contributed by atoms with Gasteiger partial charge in [0.15, 0.2) is 5.78 Å². The summed E-state index contributed by atoms with van der Waals surface area (Å²) in [5, 5.41) is 0. The fourth-order valence-electron chi connectivity index (χ4n) is 14.8. The maximum atomic E-state index is 15.9. The Balaban J connectivity index is 0.896. The summed E-state index contributed by atoms with van der Waals surface area (Å²) in [4.78, 5) is 18.3. The lowest BCUT2D eigenvalue weighted by atomic mass is 9.69. The predicted molar refractivity (Wildman–Crippen MR) is 327 cm³/mol. The van der Waals surface area contributed by atoms with E-state index < -0.39 is 10.8 Å². The molecular formula is C78H53NO. The molecule has 12 aromatic rings. The van der Waals surface area contributed by atoms with Crippen LogP contribution in [0.1, 0.15) is 83.0 Å². The molecule has 12 aromatic carbocycles. The fourth-order valence-corrected chi connectivity index (χ4v) is 14.8. The molecule has 0 aliphatic heterocycles. The Morgan fingerprint density at radius 3 is 1.12 bits per heavy atom. The Hall–Kier alpha value is -9.89. The SMILES string of the molecule is O=C(c1ccc2c(c1)C1(c3ccccc3-c3ccccc31)c1ccccc1-2)c1ccc2c(c1)C1(c3ccccc3-2)c2cc(CC(Cc3ccccc3)c3ccccc3)ccc2-c2ccc(N(c3ccccc3)c3ccccc3)cc21. The van der Waals surface area contributed by atoms with E-state index >= 15 is 4.79 Å². The van der Waals surface area contributed by atoms with Gasteiger partial charge in [-0.15, -0.1) is 0 Å². The average Bonchev–Trinajstić information content (AvgIpc) is 4.37. The van der Waals surface area contributed by atoms with E-state index in [9.17, 15) is 0 Å². The number of carbonyl (C=O) groups excluding carboxylic acids is 1. The van der Waals surface area contributed by atoms with Crippen LogP contribution in [0.4, 0.5) is 17.1 Å². The number of benzene rings is 12. The van der Waals surface area contributed by atoms with Gasteiger partial charge in [-0.2, -0.15) is 0 Å². The summed E-state index contributed by atoms with van der Waals surface area (Å²) in [6.45, 7) is 0. The van der Waals surface area contributed by atoms with Crippen molar-refractivity contribution in [2.75, 3.05) is 4.90 Å². The summed E-state index contributed by atoms with van der Waals surface area (Å²) in [6.07, 6.45) is 1.79. The fraction of sp³-hybridized carbons (Fsp3) is 0.0641. The third-order valence-electron chi connectivity index (χ3n) is 18.1. The first-order valence-corrected chi connectivity index (χ1v) is 28.1. The molecule has 4 aliphatic carbocycles. The van der Waals surface area contributed by atoms with Gasteiger partial charge in [0, 0.05) is 28.2 Å². The van der Waals surface area contributed by atoms with E-state index in [0.717, 1.165) is 46.6 Å². The van der Waals surface area contributed by atoms with Crippen LogP contribution in [0.15, 0.2) is 291 Å². The first-order valence-electron chi connectivity index (χ1n) is 28.1. The minimum Gasteiger partial charge on any atom is -0.310 e. The third-order valence-corrected chi connectivity index (χ3v) is 18.1. The third kappa shape index (κ3) is 6.69. The molecule has 0 amide bonds. The van der Waals surface area contributed by atoms with E-state index in [-0.39, 0.29) is 11.7 Å². The molecule has 2 heteroatoms. The van der Waals surface area contributed by atoms with Gasteiger partial charge >= 0.3 is 0 Å². The first kappa shape index (κ1) is 46.2. The number of anilines is 3. The van der Waals surface area contributed by atoms with Crippen molar-refractivity contribution in [3.8, 4) is 44.5 Å². The maximum absolute atomic E-state index is 15.9. The highest BCUT2D eigenvalue weighted by molar-refractivity contribution is 6.11. The Kier molecular flexibility index (Phi) is 10.5. The Labute approximate surface area is 467 Å². The normalized spacial score (nSPS) is 15.2. The van der Waals surface area contributed by atoms with Gasteiger partial charge in [0.25, 0.3) is 0 Å². The van der Waals surface area contributed by atoms with Gasteiger partial charge in [-0.3, -0.25) is 4.79 Å². The lowest BCUT2D eigenvalue weighted by molar-refractivity contribution is 0.103. The molecular weight excluding hydrogens is 967 g/mol. The molecule has 2 unspecified atom stereocenters. The number of fused-ring (bicyclic) bond motifs is 20. The second kappa shape index (κ2) is 18.1. The van der Waals surface area contributed by atoms with E-state index in [0.29, 0.717) is 11.1 Å². The summed E-state index contributed by atoms with van der Waals surface area (Å²) in [6, 6.07) is 106. The van der Waals surface area contributed by atoms with E-state index in [1.54, 1.807) is 0 Å². The zero-order valence-corrected chi connectivity index (χ0v) is 44.1. The molecule has 16 rings (SSSR count). The Bertz CT molecular complexity index is 4340. The van der Waals surface area contributed by atoms with Crippen LogP contribution in [0.5, 0.6) is 0 Å². The van der Waals surface area contributed by atoms with Crippen LogP contribution >= 0.6 is 0 Å². The molecule has 0 heterocycles. The Morgan fingerprint density at radius 1 is 0.287 bits per heavy atom. The van der Waals surface area contributed by atoms with E-state index in [2.05, 4.69) is 296 Å². The Morgan fingerprint density at radius 2 is 0.637 bits per heavy atom. The summed E-state index contributed by atoms with van der Waals surface area (Å²) in [5.74, 6) is 0.269. The molecule has 0 bridgehead atoms. The van der Waals surface area contributed by atoms with Crippen LogP contribution in [0.2, 0.25) is 0 Å². The summed E-state index contributed by atoms with van der Waals surface area (Å²) >= 11 is 0. The topological polar surface area (TPSA) is 20.3 Å². The highest BCUT2D eigenvalue weighted by Crippen LogP contribution is 2.65. The number of nitrogens with zero attached hydrogens (tertiary/aromatic N) is 1. The molecule has 4 aliphatic rings. The highest BCUT2D eigenvalue weighted by atomic mass is 16.1. The largest absolute Gasteiger partial charge is 0.310 e. The molecule has 0 radical (unpaired) electrons. The van der Waals surface area contributed by atoms with Crippen molar-refractivity contribution in [3.63, 3.8) is 0 Å². The van der Waals surface area contributed by atoms with Crippen LogP contribution in [0.25, 0.3) is 44.5 Å². The molecule has 2 spiro atoms. The number of ketones is 1. The molecule has 0 N–H and O–H groups in total. The number of carbonyl (C=O) groups is 1. The van der Waals surface area contributed by atoms with Crippen molar-refractivity contribution in [2.24, 2.45) is 0 Å². The van der Waals surface area contributed by atoms with Gasteiger partial charge in [0.2, 0.25) is 0 Å². The number of rotatable bonds is 10. The van der Waals surface area contributed by atoms with Gasteiger partial charge in [-0.25, -0.2) is 0 Å². The van der Waals surface area contributed by atoms with Crippen LogP contribution < -0.4 is 4.90 Å². The van der Waals surface area contributed by atoms with Gasteiger partial charge in [-0.1, -0.05) is 243 Å². The highest BCUT2D eigenvalue weighted by Gasteiger charge is 2.54. The molecule has 2 atom stereocenters. The monoisotopic (exact) mass is 1020 g/mol. The van der Waals surface area contributed by atoms with Gasteiger partial charge in [-0.05, 0) is 173 Å². The molecule has 0 saturated heterocycles. The minimum absolute atomic E-state index is 0.0132. The molecule has 376 valence electrons. The zero-order chi connectivity index (χ0) is 52.9. The second-order valence-electron chi connectivity index (χ2n) is 22.1. The van der Waals surface area contributed by atoms with Crippen LogP contribution in [-0.2, 0) is 23.7 Å². The van der Waals surface area contributed by atoms with Crippen molar-refractivity contribution >= 4 is 22.8 Å². The van der Waals surface area contributed by atoms with Gasteiger partial charge < -0.3 is 4.90 Å². The van der Waals surface area contributed by atoms with Crippen molar-refractivity contribution in [1.29, 1.82) is 0 Å². The lowest BCUT2D eigenvalue weighted by Crippen LogP contribution is -2.27. The van der Waals surface area contributed by atoms with Crippen LogP contribution in [-0.4, -0.2) is 5.78 Å². The summed E-state index contributed by atoms with van der Waals surface area (Å²) in [5.41, 5.74) is 26.7.